The smallest absolute Gasteiger partial charge is 0.0171 e. The van der Waals surface area contributed by atoms with Crippen LogP contribution in [0.25, 0.3) is 0 Å². The maximum Gasteiger partial charge on any atom is 0.0171 e. The fraction of sp³-hybridized carbons (Fsp3) is 0.647. The van der Waals surface area contributed by atoms with Crippen molar-refractivity contribution in [1.29, 1.82) is 0 Å². The number of aryl methyl sites for hydroxylation is 1. The third-order valence-corrected chi connectivity index (χ3v) is 4.14. The molecule has 2 rings (SSSR count). The van der Waals surface area contributed by atoms with E-state index in [4.69, 9.17) is 5.73 Å². The lowest BCUT2D eigenvalue weighted by Gasteiger charge is -2.35. The predicted octanol–water partition coefficient (Wildman–Crippen LogP) is 1.97. The molecule has 1 heterocycles. The molecule has 1 fully saturated rings. The zero-order valence-electron chi connectivity index (χ0n) is 12.8. The average Bonchev–Trinajstić information content (AvgIpc) is 2.49. The molecule has 0 aromatic heterocycles. The van der Waals surface area contributed by atoms with Crippen LogP contribution in [0.15, 0.2) is 30.3 Å². The number of piperazine rings is 1. The van der Waals surface area contributed by atoms with Gasteiger partial charge in [-0.3, -0.25) is 4.90 Å². The Morgan fingerprint density at radius 2 is 1.70 bits per heavy atom. The van der Waals surface area contributed by atoms with E-state index in [1.807, 2.05) is 0 Å². The van der Waals surface area contributed by atoms with Crippen molar-refractivity contribution in [1.82, 2.24) is 9.80 Å². The fourth-order valence-electron chi connectivity index (χ4n) is 2.93. The number of hydrogen-bond donors (Lipinski definition) is 1. The number of benzene rings is 1. The van der Waals surface area contributed by atoms with Gasteiger partial charge in [-0.15, -0.1) is 0 Å². The first-order valence-electron chi connectivity index (χ1n) is 8.02. The lowest BCUT2D eigenvalue weighted by atomic mass is 10.1. The molecule has 0 amide bonds. The highest BCUT2D eigenvalue weighted by Crippen LogP contribution is 2.07. The van der Waals surface area contributed by atoms with E-state index in [1.165, 1.54) is 44.7 Å². The molecular weight excluding hydrogens is 246 g/mol. The Kier molecular flexibility index (Phi) is 6.51. The molecule has 1 aromatic carbocycles. The molecule has 0 spiro atoms. The van der Waals surface area contributed by atoms with Crippen molar-refractivity contribution < 1.29 is 0 Å². The topological polar surface area (TPSA) is 32.5 Å². The molecule has 0 bridgehead atoms. The van der Waals surface area contributed by atoms with Crippen LogP contribution in [0.4, 0.5) is 0 Å². The van der Waals surface area contributed by atoms with E-state index in [0.717, 1.165) is 19.4 Å². The Bertz CT molecular complexity index is 358. The van der Waals surface area contributed by atoms with Crippen molar-refractivity contribution >= 4 is 0 Å². The lowest BCUT2D eigenvalue weighted by molar-refractivity contribution is 0.126. The molecule has 1 atom stereocenters. The summed E-state index contributed by atoms with van der Waals surface area (Å²) in [5, 5.41) is 0. The van der Waals surface area contributed by atoms with Crippen molar-refractivity contribution in [3.63, 3.8) is 0 Å². The molecule has 2 N–H and O–H groups in total. The summed E-state index contributed by atoms with van der Waals surface area (Å²) in [6.45, 7) is 9.32. The van der Waals surface area contributed by atoms with Gasteiger partial charge in [-0.05, 0) is 31.4 Å². The lowest BCUT2D eigenvalue weighted by Crippen LogP contribution is -2.49. The van der Waals surface area contributed by atoms with Gasteiger partial charge in [0.1, 0.15) is 0 Å². The Balaban J connectivity index is 1.64. The van der Waals surface area contributed by atoms with Crippen molar-refractivity contribution in [3.05, 3.63) is 35.9 Å². The van der Waals surface area contributed by atoms with E-state index in [9.17, 15) is 0 Å². The van der Waals surface area contributed by atoms with Crippen LogP contribution in [0.2, 0.25) is 0 Å². The van der Waals surface area contributed by atoms with Gasteiger partial charge in [-0.1, -0.05) is 37.3 Å². The van der Waals surface area contributed by atoms with Crippen LogP contribution in [-0.4, -0.2) is 55.1 Å². The van der Waals surface area contributed by atoms with Gasteiger partial charge in [0, 0.05) is 38.8 Å². The van der Waals surface area contributed by atoms with Crippen molar-refractivity contribution in [2.45, 2.75) is 32.2 Å². The van der Waals surface area contributed by atoms with Crippen LogP contribution in [0.5, 0.6) is 0 Å². The highest BCUT2D eigenvalue weighted by Gasteiger charge is 2.17. The summed E-state index contributed by atoms with van der Waals surface area (Å²) >= 11 is 0. The molecular formula is C17H29N3. The van der Waals surface area contributed by atoms with E-state index < -0.39 is 0 Å². The molecule has 0 radical (unpaired) electrons. The minimum Gasteiger partial charge on any atom is -0.327 e. The SMILES string of the molecule is CCCN1CCN(CC(N)CCc2ccccc2)CC1. The summed E-state index contributed by atoms with van der Waals surface area (Å²) < 4.78 is 0. The molecule has 0 saturated carbocycles. The molecule has 1 aromatic rings. The second-order valence-corrected chi connectivity index (χ2v) is 5.93. The third kappa shape index (κ3) is 5.23. The monoisotopic (exact) mass is 275 g/mol. The minimum atomic E-state index is 0.299. The van der Waals surface area contributed by atoms with Crippen LogP contribution in [0.3, 0.4) is 0 Å². The van der Waals surface area contributed by atoms with Gasteiger partial charge >= 0.3 is 0 Å². The van der Waals surface area contributed by atoms with Crippen molar-refractivity contribution in [2.75, 3.05) is 39.3 Å². The molecule has 3 heteroatoms. The molecule has 1 aliphatic heterocycles. The summed E-state index contributed by atoms with van der Waals surface area (Å²) in [6.07, 6.45) is 3.44. The van der Waals surface area contributed by atoms with Crippen LogP contribution in [0, 0.1) is 0 Å². The van der Waals surface area contributed by atoms with E-state index in [0.29, 0.717) is 6.04 Å². The summed E-state index contributed by atoms with van der Waals surface area (Å²) in [7, 11) is 0. The molecule has 1 aliphatic rings. The minimum absolute atomic E-state index is 0.299. The summed E-state index contributed by atoms with van der Waals surface area (Å²) in [4.78, 5) is 5.09. The number of rotatable bonds is 7. The molecule has 3 nitrogen and oxygen atoms in total. The molecule has 1 saturated heterocycles. The fourth-order valence-corrected chi connectivity index (χ4v) is 2.93. The zero-order chi connectivity index (χ0) is 14.2. The van der Waals surface area contributed by atoms with Gasteiger partial charge in [0.2, 0.25) is 0 Å². The largest absolute Gasteiger partial charge is 0.327 e. The second kappa shape index (κ2) is 8.40. The Hall–Kier alpha value is -0.900. The predicted molar refractivity (Wildman–Crippen MR) is 85.9 cm³/mol. The van der Waals surface area contributed by atoms with Gasteiger partial charge < -0.3 is 10.6 Å². The first-order valence-corrected chi connectivity index (χ1v) is 8.02. The highest BCUT2D eigenvalue weighted by atomic mass is 15.3. The van der Waals surface area contributed by atoms with E-state index in [1.54, 1.807) is 0 Å². The van der Waals surface area contributed by atoms with Crippen LogP contribution in [0.1, 0.15) is 25.3 Å². The van der Waals surface area contributed by atoms with Crippen LogP contribution >= 0.6 is 0 Å². The van der Waals surface area contributed by atoms with Crippen molar-refractivity contribution in [3.8, 4) is 0 Å². The average molecular weight is 275 g/mol. The van der Waals surface area contributed by atoms with Gasteiger partial charge in [0.15, 0.2) is 0 Å². The number of nitrogens with two attached hydrogens (primary N) is 1. The standard InChI is InChI=1S/C17H29N3/c1-2-10-19-11-13-20(14-12-19)15-17(18)9-8-16-6-4-3-5-7-16/h3-7,17H,2,8-15,18H2,1H3. The third-order valence-electron chi connectivity index (χ3n) is 4.14. The molecule has 112 valence electrons. The quantitative estimate of drug-likeness (QED) is 0.826. The zero-order valence-corrected chi connectivity index (χ0v) is 12.8. The van der Waals surface area contributed by atoms with Crippen molar-refractivity contribution in [2.24, 2.45) is 5.73 Å². The Morgan fingerprint density at radius 3 is 2.35 bits per heavy atom. The van der Waals surface area contributed by atoms with E-state index >= 15 is 0 Å². The van der Waals surface area contributed by atoms with Crippen LogP contribution in [-0.2, 0) is 6.42 Å². The van der Waals surface area contributed by atoms with Gasteiger partial charge in [-0.25, -0.2) is 0 Å². The first kappa shape index (κ1) is 15.5. The Morgan fingerprint density at radius 1 is 1.05 bits per heavy atom. The first-order chi connectivity index (χ1) is 9.78. The van der Waals surface area contributed by atoms with E-state index in [2.05, 4.69) is 47.1 Å². The summed E-state index contributed by atoms with van der Waals surface area (Å²) in [5.41, 5.74) is 7.69. The molecule has 20 heavy (non-hydrogen) atoms. The van der Waals surface area contributed by atoms with Crippen LogP contribution < -0.4 is 5.73 Å². The number of nitrogens with zero attached hydrogens (tertiary/aromatic N) is 2. The maximum atomic E-state index is 6.29. The highest BCUT2D eigenvalue weighted by molar-refractivity contribution is 5.14. The second-order valence-electron chi connectivity index (χ2n) is 5.93. The van der Waals surface area contributed by atoms with Gasteiger partial charge in [0.25, 0.3) is 0 Å². The summed E-state index contributed by atoms with van der Waals surface area (Å²) in [5.74, 6) is 0. The maximum absolute atomic E-state index is 6.29. The Labute approximate surface area is 123 Å². The van der Waals surface area contributed by atoms with Gasteiger partial charge in [0.05, 0.1) is 0 Å². The summed E-state index contributed by atoms with van der Waals surface area (Å²) in [6, 6.07) is 11.0. The number of hydrogen-bond acceptors (Lipinski definition) is 3. The van der Waals surface area contributed by atoms with Gasteiger partial charge in [-0.2, -0.15) is 0 Å². The van der Waals surface area contributed by atoms with E-state index in [-0.39, 0.29) is 0 Å². The molecule has 1 unspecified atom stereocenters. The molecule has 0 aliphatic carbocycles. The normalized spacial score (nSPS) is 19.1.